The summed E-state index contributed by atoms with van der Waals surface area (Å²) in [7, 11) is 0. The lowest BCUT2D eigenvalue weighted by Crippen LogP contribution is -2.18. The highest BCUT2D eigenvalue weighted by molar-refractivity contribution is 5.85. The predicted octanol–water partition coefficient (Wildman–Crippen LogP) is 10.2. The summed E-state index contributed by atoms with van der Waals surface area (Å²) in [6.45, 7) is 6.72. The van der Waals surface area contributed by atoms with E-state index in [0.29, 0.717) is 35.7 Å². The van der Waals surface area contributed by atoms with E-state index in [1.807, 2.05) is 0 Å². The molecular formula is C40H50O2. The summed E-state index contributed by atoms with van der Waals surface area (Å²) in [5, 5.41) is 0. The monoisotopic (exact) mass is 562 g/mol. The van der Waals surface area contributed by atoms with Crippen LogP contribution in [0.1, 0.15) is 136 Å². The van der Waals surface area contributed by atoms with E-state index in [9.17, 15) is 9.59 Å². The average Bonchev–Trinajstić information content (AvgIpc) is 3.59. The Bertz CT molecular complexity index is 1330. The summed E-state index contributed by atoms with van der Waals surface area (Å²) in [5.74, 6) is 3.35. The normalized spacial score (nSPS) is 25.9. The first-order chi connectivity index (χ1) is 20.5. The lowest BCUT2D eigenvalue weighted by atomic mass is 9.73. The number of aryl methyl sites for hydroxylation is 1. The molecular weight excluding hydrogens is 512 g/mol. The van der Waals surface area contributed by atoms with Crippen LogP contribution in [0.2, 0.25) is 0 Å². The molecule has 0 heterocycles. The first kappa shape index (κ1) is 29.3. The van der Waals surface area contributed by atoms with Gasteiger partial charge in [-0.25, -0.2) is 0 Å². The van der Waals surface area contributed by atoms with Gasteiger partial charge in [0.2, 0.25) is 0 Å². The van der Waals surface area contributed by atoms with Gasteiger partial charge < -0.3 is 0 Å². The van der Waals surface area contributed by atoms with Gasteiger partial charge in [0.15, 0.2) is 0 Å². The molecule has 0 saturated heterocycles. The zero-order valence-corrected chi connectivity index (χ0v) is 25.8. The Morgan fingerprint density at radius 1 is 0.881 bits per heavy atom. The Morgan fingerprint density at radius 3 is 2.33 bits per heavy atom. The zero-order chi connectivity index (χ0) is 29.1. The Hall–Kier alpha value is -2.74. The molecule has 3 fully saturated rings. The largest absolute Gasteiger partial charge is 0.299 e. The molecule has 42 heavy (non-hydrogen) atoms. The van der Waals surface area contributed by atoms with Crippen molar-refractivity contribution in [2.45, 2.75) is 121 Å². The summed E-state index contributed by atoms with van der Waals surface area (Å²) in [5.41, 5.74) is 9.55. The fourth-order valence-corrected chi connectivity index (χ4v) is 8.31. The van der Waals surface area contributed by atoms with Gasteiger partial charge in [-0.15, -0.1) is 0 Å². The van der Waals surface area contributed by atoms with Crippen molar-refractivity contribution in [3.8, 4) is 0 Å². The average molecular weight is 563 g/mol. The van der Waals surface area contributed by atoms with Gasteiger partial charge in [-0.1, -0.05) is 67.1 Å². The van der Waals surface area contributed by atoms with Crippen LogP contribution in [0.4, 0.5) is 0 Å². The van der Waals surface area contributed by atoms with Crippen LogP contribution in [-0.4, -0.2) is 11.6 Å². The third-order valence-electron chi connectivity index (χ3n) is 11.1. The second kappa shape index (κ2) is 13.3. The van der Waals surface area contributed by atoms with Crippen LogP contribution in [0.5, 0.6) is 0 Å². The molecule has 0 aliphatic heterocycles. The lowest BCUT2D eigenvalue weighted by Gasteiger charge is -2.31. The second-order valence-corrected chi connectivity index (χ2v) is 14.1. The Balaban J connectivity index is 1.13. The maximum absolute atomic E-state index is 13.7. The van der Waals surface area contributed by atoms with Gasteiger partial charge in [0, 0.05) is 24.7 Å². The molecule has 0 aromatic heterocycles. The molecule has 0 bridgehead atoms. The molecule has 0 N–H and O–H groups in total. The fourth-order valence-electron chi connectivity index (χ4n) is 8.31. The van der Waals surface area contributed by atoms with Crippen LogP contribution >= 0.6 is 0 Å². The van der Waals surface area contributed by atoms with E-state index >= 15 is 0 Å². The van der Waals surface area contributed by atoms with Crippen molar-refractivity contribution in [2.75, 3.05) is 0 Å². The number of carbonyl (C=O) groups is 2. The minimum Gasteiger partial charge on any atom is -0.299 e. The SMILES string of the molecule is C=C(CCCCC1CCCC1=O)c1ccc(C2CCC(c3ccccc3C)CC2)c(CC(=O)C2CC=C(C3CC3)C2)c1. The Kier molecular flexibility index (Phi) is 9.27. The minimum absolute atomic E-state index is 0.176. The highest BCUT2D eigenvalue weighted by Crippen LogP contribution is 2.45. The summed E-state index contributed by atoms with van der Waals surface area (Å²) >= 11 is 0. The molecule has 2 aromatic carbocycles. The number of carbonyl (C=O) groups excluding carboxylic acids is 2. The Labute approximate surface area is 254 Å². The molecule has 222 valence electrons. The van der Waals surface area contributed by atoms with Crippen molar-refractivity contribution in [1.82, 2.24) is 0 Å². The van der Waals surface area contributed by atoms with E-state index in [1.165, 1.54) is 71.9 Å². The standard InChI is InChI=1S/C40H50O2/c1-27(8-3-5-10-32-11-7-13-39(32)41)33-22-23-38(31-18-16-30(17-19-31)37-12-6-4-9-28(37)2)36(24-33)26-40(42)35-21-20-34(25-35)29-14-15-29/h4,6,9,12,20,22-24,29-32,35H,1,3,5,7-8,10-11,13-19,21,25-26H2,2H3. The maximum Gasteiger partial charge on any atom is 0.140 e. The van der Waals surface area contributed by atoms with Gasteiger partial charge in [0.25, 0.3) is 0 Å². The molecule has 0 spiro atoms. The maximum atomic E-state index is 13.7. The predicted molar refractivity (Wildman–Crippen MR) is 174 cm³/mol. The van der Waals surface area contributed by atoms with Crippen molar-refractivity contribution in [3.63, 3.8) is 0 Å². The molecule has 0 amide bonds. The highest BCUT2D eigenvalue weighted by atomic mass is 16.1. The van der Waals surface area contributed by atoms with Crippen molar-refractivity contribution < 1.29 is 9.59 Å². The molecule has 0 radical (unpaired) electrons. The summed E-state index contributed by atoms with van der Waals surface area (Å²) in [4.78, 5) is 25.7. The van der Waals surface area contributed by atoms with Crippen molar-refractivity contribution >= 4 is 17.1 Å². The van der Waals surface area contributed by atoms with Gasteiger partial charge in [0.05, 0.1) is 0 Å². The van der Waals surface area contributed by atoms with Crippen LogP contribution < -0.4 is 0 Å². The van der Waals surface area contributed by atoms with Crippen molar-refractivity contribution in [1.29, 1.82) is 0 Å². The Morgan fingerprint density at radius 2 is 1.62 bits per heavy atom. The number of Topliss-reactive ketones (excluding diaryl/α,β-unsaturated/α-hetero) is 2. The fraction of sp³-hybridized carbons (Fsp3) is 0.550. The summed E-state index contributed by atoms with van der Waals surface area (Å²) < 4.78 is 0. The number of rotatable bonds is 12. The van der Waals surface area contributed by atoms with E-state index in [4.69, 9.17) is 0 Å². The first-order valence-electron chi connectivity index (χ1n) is 17.1. The van der Waals surface area contributed by atoms with Crippen LogP contribution in [-0.2, 0) is 16.0 Å². The van der Waals surface area contributed by atoms with Crippen LogP contribution in [0.15, 0.2) is 60.7 Å². The third kappa shape index (κ3) is 6.90. The van der Waals surface area contributed by atoms with Crippen LogP contribution in [0.3, 0.4) is 0 Å². The van der Waals surface area contributed by atoms with Gasteiger partial charge in [0.1, 0.15) is 11.6 Å². The first-order valence-corrected chi connectivity index (χ1v) is 17.1. The van der Waals surface area contributed by atoms with E-state index in [0.717, 1.165) is 63.7 Å². The molecule has 2 heteroatoms. The summed E-state index contributed by atoms with van der Waals surface area (Å²) in [6, 6.07) is 15.9. The zero-order valence-electron chi connectivity index (χ0n) is 25.8. The van der Waals surface area contributed by atoms with Gasteiger partial charge in [-0.2, -0.15) is 0 Å². The lowest BCUT2D eigenvalue weighted by molar-refractivity contribution is -0.122. The van der Waals surface area contributed by atoms with Crippen LogP contribution in [0.25, 0.3) is 5.57 Å². The van der Waals surface area contributed by atoms with Gasteiger partial charge in [-0.3, -0.25) is 9.59 Å². The van der Waals surface area contributed by atoms with Gasteiger partial charge >= 0.3 is 0 Å². The third-order valence-corrected chi connectivity index (χ3v) is 11.1. The van der Waals surface area contributed by atoms with Gasteiger partial charge in [-0.05, 0) is 142 Å². The minimum atomic E-state index is 0.176. The van der Waals surface area contributed by atoms with Crippen LogP contribution in [0, 0.1) is 24.7 Å². The van der Waals surface area contributed by atoms with E-state index in [2.05, 4.69) is 62.0 Å². The highest BCUT2D eigenvalue weighted by Gasteiger charge is 2.33. The molecule has 4 aliphatic carbocycles. The molecule has 2 aromatic rings. The van der Waals surface area contributed by atoms with E-state index in [-0.39, 0.29) is 5.92 Å². The number of hydrogen-bond acceptors (Lipinski definition) is 2. The second-order valence-electron chi connectivity index (χ2n) is 14.1. The topological polar surface area (TPSA) is 34.1 Å². The molecule has 4 aliphatic rings. The number of unbranched alkanes of at least 4 members (excludes halogenated alkanes) is 1. The number of ketones is 2. The molecule has 6 rings (SSSR count). The molecule has 2 atom stereocenters. The smallest absolute Gasteiger partial charge is 0.140 e. The van der Waals surface area contributed by atoms with Crippen molar-refractivity contribution in [2.24, 2.45) is 17.8 Å². The quantitative estimate of drug-likeness (QED) is 0.190. The number of benzene rings is 2. The number of allylic oxidation sites excluding steroid dienone is 3. The summed E-state index contributed by atoms with van der Waals surface area (Å²) in [6.07, 6.45) is 19.5. The van der Waals surface area contributed by atoms with E-state index in [1.54, 1.807) is 5.57 Å². The van der Waals surface area contributed by atoms with E-state index < -0.39 is 0 Å². The molecule has 2 nitrogen and oxygen atoms in total. The molecule has 2 unspecified atom stereocenters. The number of hydrogen-bond donors (Lipinski definition) is 0. The molecule has 3 saturated carbocycles. The van der Waals surface area contributed by atoms with Crippen molar-refractivity contribution in [3.05, 3.63) is 88.5 Å².